The number of carbonyl (C=O) groups excluding carboxylic acids is 1. The zero-order valence-electron chi connectivity index (χ0n) is 18.2. The average molecular weight is 371 g/mol. The van der Waals surface area contributed by atoms with Crippen LogP contribution in [0.1, 0.15) is 124 Å². The number of unbranched alkanes of at least 4 members (excludes halogenated alkanes) is 11. The Kier molecular flexibility index (Phi) is 18.8. The van der Waals surface area contributed by atoms with Crippen molar-refractivity contribution >= 4 is 5.97 Å². The van der Waals surface area contributed by atoms with E-state index >= 15 is 0 Å². The molecule has 0 spiro atoms. The molecule has 0 saturated carbocycles. The Hall–Kier alpha value is -0.570. The number of carbonyl (C=O) groups is 1. The maximum atomic E-state index is 12.3. The van der Waals surface area contributed by atoms with Gasteiger partial charge >= 0.3 is 5.97 Å². The summed E-state index contributed by atoms with van der Waals surface area (Å²) in [4.78, 5) is 12.3. The third kappa shape index (κ3) is 14.6. The molecular formula is C23H46O3. The lowest BCUT2D eigenvalue weighted by atomic mass is 10.0. The van der Waals surface area contributed by atoms with E-state index in [2.05, 4.69) is 20.8 Å². The summed E-state index contributed by atoms with van der Waals surface area (Å²) in [6.07, 6.45) is 18.9. The van der Waals surface area contributed by atoms with E-state index in [9.17, 15) is 4.79 Å². The fourth-order valence-corrected chi connectivity index (χ4v) is 3.36. The molecule has 0 radical (unpaired) electrons. The molecule has 26 heavy (non-hydrogen) atoms. The van der Waals surface area contributed by atoms with Crippen molar-refractivity contribution in [2.45, 2.75) is 136 Å². The molecule has 0 aromatic rings. The molecule has 2 atom stereocenters. The zero-order chi connectivity index (χ0) is 19.5. The Morgan fingerprint density at radius 1 is 0.692 bits per heavy atom. The van der Waals surface area contributed by atoms with Gasteiger partial charge in [0.25, 0.3) is 0 Å². The smallest absolute Gasteiger partial charge is 0.335 e. The first kappa shape index (κ1) is 25.4. The highest BCUT2D eigenvalue weighted by Gasteiger charge is 2.22. The van der Waals surface area contributed by atoms with Crippen LogP contribution in [0.3, 0.4) is 0 Å². The molecule has 3 nitrogen and oxygen atoms in total. The fourth-order valence-electron chi connectivity index (χ4n) is 3.36. The van der Waals surface area contributed by atoms with E-state index in [0.717, 1.165) is 32.1 Å². The summed E-state index contributed by atoms with van der Waals surface area (Å²) in [5.41, 5.74) is 0. The van der Waals surface area contributed by atoms with Crippen LogP contribution >= 0.6 is 0 Å². The highest BCUT2D eigenvalue weighted by Crippen LogP contribution is 2.16. The molecule has 0 rings (SSSR count). The van der Waals surface area contributed by atoms with Gasteiger partial charge in [0.05, 0.1) is 0 Å². The van der Waals surface area contributed by atoms with Gasteiger partial charge < -0.3 is 9.47 Å². The second kappa shape index (κ2) is 19.2. The molecule has 0 bridgehead atoms. The van der Waals surface area contributed by atoms with Gasteiger partial charge in [0, 0.05) is 7.11 Å². The van der Waals surface area contributed by atoms with E-state index in [4.69, 9.17) is 9.47 Å². The number of esters is 1. The van der Waals surface area contributed by atoms with Gasteiger partial charge in [-0.15, -0.1) is 0 Å². The maximum absolute atomic E-state index is 12.3. The van der Waals surface area contributed by atoms with Crippen molar-refractivity contribution in [2.24, 2.45) is 0 Å². The van der Waals surface area contributed by atoms with Crippen molar-refractivity contribution in [1.82, 2.24) is 0 Å². The zero-order valence-corrected chi connectivity index (χ0v) is 18.2. The number of ether oxygens (including phenoxy) is 2. The highest BCUT2D eigenvalue weighted by atomic mass is 16.6. The molecule has 2 unspecified atom stereocenters. The van der Waals surface area contributed by atoms with Crippen LogP contribution in [0.25, 0.3) is 0 Å². The van der Waals surface area contributed by atoms with Gasteiger partial charge in [-0.3, -0.25) is 0 Å². The number of rotatable bonds is 19. The van der Waals surface area contributed by atoms with Gasteiger partial charge in [-0.2, -0.15) is 0 Å². The maximum Gasteiger partial charge on any atom is 0.335 e. The Morgan fingerprint density at radius 2 is 1.15 bits per heavy atom. The summed E-state index contributed by atoms with van der Waals surface area (Å²) in [6, 6.07) is 0. The largest absolute Gasteiger partial charge is 0.460 e. The number of methoxy groups -OCH3 is 1. The first-order valence-electron chi connectivity index (χ1n) is 11.4. The summed E-state index contributed by atoms with van der Waals surface area (Å²) < 4.78 is 11.1. The SMILES string of the molecule is CCCCCCCCCCCCC(OC)C(=O)OC(CC)CCCCC. The van der Waals surface area contributed by atoms with E-state index in [0.29, 0.717) is 0 Å². The van der Waals surface area contributed by atoms with Crippen LogP contribution in [0.2, 0.25) is 0 Å². The predicted molar refractivity (Wildman–Crippen MR) is 112 cm³/mol. The van der Waals surface area contributed by atoms with Crippen molar-refractivity contribution < 1.29 is 14.3 Å². The molecule has 0 aromatic heterocycles. The lowest BCUT2D eigenvalue weighted by Gasteiger charge is -2.20. The second-order valence-corrected chi connectivity index (χ2v) is 7.66. The van der Waals surface area contributed by atoms with Gasteiger partial charge in [0.2, 0.25) is 0 Å². The second-order valence-electron chi connectivity index (χ2n) is 7.66. The third-order valence-corrected chi connectivity index (χ3v) is 5.24. The summed E-state index contributed by atoms with van der Waals surface area (Å²) in [7, 11) is 1.63. The molecule has 0 aliphatic rings. The summed E-state index contributed by atoms with van der Waals surface area (Å²) in [5, 5.41) is 0. The first-order valence-corrected chi connectivity index (χ1v) is 11.4. The van der Waals surface area contributed by atoms with Gasteiger partial charge in [-0.1, -0.05) is 97.8 Å². The van der Waals surface area contributed by atoms with Crippen LogP contribution in [0, 0.1) is 0 Å². The summed E-state index contributed by atoms with van der Waals surface area (Å²) in [6.45, 7) is 6.55. The molecule has 0 saturated heterocycles. The predicted octanol–water partition coefficient (Wildman–Crippen LogP) is 7.21. The summed E-state index contributed by atoms with van der Waals surface area (Å²) in [5.74, 6) is -0.160. The molecular weight excluding hydrogens is 324 g/mol. The molecule has 0 heterocycles. The Bertz CT molecular complexity index is 304. The molecule has 0 aliphatic carbocycles. The number of hydrogen-bond donors (Lipinski definition) is 0. The molecule has 0 fully saturated rings. The monoisotopic (exact) mass is 370 g/mol. The molecule has 0 aromatic carbocycles. The van der Waals surface area contributed by atoms with Gasteiger partial charge in [0.15, 0.2) is 6.10 Å². The van der Waals surface area contributed by atoms with Gasteiger partial charge in [-0.25, -0.2) is 4.79 Å². The fraction of sp³-hybridized carbons (Fsp3) is 0.957. The van der Waals surface area contributed by atoms with Gasteiger partial charge in [-0.05, 0) is 25.7 Å². The lowest BCUT2D eigenvalue weighted by Crippen LogP contribution is -2.29. The molecule has 3 heteroatoms. The Morgan fingerprint density at radius 3 is 1.65 bits per heavy atom. The normalized spacial score (nSPS) is 13.5. The van der Waals surface area contributed by atoms with Crippen molar-refractivity contribution in [1.29, 1.82) is 0 Å². The first-order chi connectivity index (χ1) is 12.7. The van der Waals surface area contributed by atoms with Crippen LogP contribution < -0.4 is 0 Å². The Labute approximate surface area is 163 Å². The van der Waals surface area contributed by atoms with E-state index in [1.807, 2.05) is 0 Å². The standard InChI is InChI=1S/C23H46O3/c1-5-8-10-11-12-13-14-15-16-18-20-22(25-4)23(24)26-21(7-3)19-17-9-6-2/h21-22H,5-20H2,1-4H3. The molecule has 0 aliphatic heterocycles. The minimum Gasteiger partial charge on any atom is -0.460 e. The quantitative estimate of drug-likeness (QED) is 0.178. The molecule has 0 N–H and O–H groups in total. The van der Waals surface area contributed by atoms with Crippen molar-refractivity contribution in [2.75, 3.05) is 7.11 Å². The van der Waals surface area contributed by atoms with E-state index < -0.39 is 0 Å². The van der Waals surface area contributed by atoms with Crippen LogP contribution in [-0.2, 0) is 14.3 Å². The lowest BCUT2D eigenvalue weighted by molar-refractivity contribution is -0.162. The van der Waals surface area contributed by atoms with Crippen LogP contribution in [0.5, 0.6) is 0 Å². The topological polar surface area (TPSA) is 35.5 Å². The molecule has 0 amide bonds. The van der Waals surface area contributed by atoms with Gasteiger partial charge in [0.1, 0.15) is 6.10 Å². The van der Waals surface area contributed by atoms with Crippen LogP contribution in [-0.4, -0.2) is 25.3 Å². The number of hydrogen-bond acceptors (Lipinski definition) is 3. The van der Waals surface area contributed by atoms with E-state index in [-0.39, 0.29) is 18.2 Å². The minimum absolute atomic E-state index is 0.0550. The van der Waals surface area contributed by atoms with Crippen LogP contribution in [0.15, 0.2) is 0 Å². The van der Waals surface area contributed by atoms with Crippen molar-refractivity contribution in [3.8, 4) is 0 Å². The van der Waals surface area contributed by atoms with E-state index in [1.54, 1.807) is 7.11 Å². The minimum atomic E-state index is -0.385. The third-order valence-electron chi connectivity index (χ3n) is 5.24. The highest BCUT2D eigenvalue weighted by molar-refractivity contribution is 5.74. The molecule has 156 valence electrons. The van der Waals surface area contributed by atoms with Crippen molar-refractivity contribution in [3.63, 3.8) is 0 Å². The summed E-state index contributed by atoms with van der Waals surface area (Å²) >= 11 is 0. The Balaban J connectivity index is 3.77. The average Bonchev–Trinajstić information content (AvgIpc) is 2.65. The van der Waals surface area contributed by atoms with E-state index in [1.165, 1.54) is 70.6 Å². The van der Waals surface area contributed by atoms with Crippen LogP contribution in [0.4, 0.5) is 0 Å². The van der Waals surface area contributed by atoms with Crippen molar-refractivity contribution in [3.05, 3.63) is 0 Å².